The van der Waals surface area contributed by atoms with Crippen LogP contribution in [0.15, 0.2) is 56.8 Å². The summed E-state index contributed by atoms with van der Waals surface area (Å²) in [6, 6.07) is 4.28. The van der Waals surface area contributed by atoms with Crippen molar-refractivity contribution in [3.05, 3.63) is 80.7 Å². The molecule has 0 unspecified atom stereocenters. The van der Waals surface area contributed by atoms with Crippen LogP contribution in [0.5, 0.6) is 0 Å². The number of hydrogen-bond donors (Lipinski definition) is 0. The fourth-order valence-electron chi connectivity index (χ4n) is 4.05. The van der Waals surface area contributed by atoms with Gasteiger partial charge in [-0.25, -0.2) is 9.98 Å². The first-order chi connectivity index (χ1) is 13.3. The topological polar surface area (TPSA) is 52.9 Å². The Bertz CT molecular complexity index is 1150. The summed E-state index contributed by atoms with van der Waals surface area (Å²) in [7, 11) is 0. The number of hydrogen-bond acceptors (Lipinski definition) is 2. The fraction of sp³-hybridized carbons (Fsp3) is 0.250. The van der Waals surface area contributed by atoms with Crippen LogP contribution in [0.1, 0.15) is 61.6 Å². The minimum absolute atomic E-state index is 0. The van der Waals surface area contributed by atoms with Gasteiger partial charge >= 0.3 is 17.1 Å². The van der Waals surface area contributed by atoms with Crippen LogP contribution >= 0.6 is 0 Å². The molecule has 0 atom stereocenters. The molecule has 3 aliphatic rings. The molecule has 5 rings (SSSR count). The molecular formula is C24H22CuN4. The molecule has 0 fully saturated rings. The van der Waals surface area contributed by atoms with Crippen LogP contribution in [0, 0.1) is 13.8 Å². The molecule has 0 spiro atoms. The Balaban J connectivity index is 0.00000205. The third-order valence-corrected chi connectivity index (χ3v) is 5.82. The van der Waals surface area contributed by atoms with E-state index in [2.05, 4.69) is 65.8 Å². The molecular weight excluding hydrogens is 408 g/mol. The van der Waals surface area contributed by atoms with E-state index >= 15 is 0 Å². The first kappa shape index (κ1) is 19.7. The summed E-state index contributed by atoms with van der Waals surface area (Å²) in [5.74, 6) is 0. The van der Waals surface area contributed by atoms with E-state index in [4.69, 9.17) is 20.0 Å². The van der Waals surface area contributed by atoms with Crippen LogP contribution in [0.2, 0.25) is 0 Å². The number of allylic oxidation sites excluding steroid dienone is 6. The van der Waals surface area contributed by atoms with Crippen molar-refractivity contribution in [2.45, 2.75) is 41.5 Å². The molecule has 149 valence electrons. The Labute approximate surface area is 181 Å². The minimum Gasteiger partial charge on any atom is -0.656 e. The molecule has 0 N–H and O–H groups in total. The van der Waals surface area contributed by atoms with Gasteiger partial charge in [0.25, 0.3) is 0 Å². The molecule has 2 aromatic heterocycles. The first-order valence-corrected chi connectivity index (χ1v) is 9.60. The second-order valence-electron chi connectivity index (χ2n) is 7.94. The van der Waals surface area contributed by atoms with Crippen LogP contribution in [0.3, 0.4) is 0 Å². The van der Waals surface area contributed by atoms with Gasteiger partial charge < -0.3 is 9.97 Å². The van der Waals surface area contributed by atoms with Gasteiger partial charge in [-0.05, 0) is 76.0 Å². The normalized spacial score (nSPS) is 17.6. The molecule has 5 heterocycles. The minimum atomic E-state index is 0. The van der Waals surface area contributed by atoms with Gasteiger partial charge in [-0.3, -0.25) is 0 Å². The Morgan fingerprint density at radius 2 is 1.00 bits per heavy atom. The Kier molecular flexibility index (Phi) is 4.56. The van der Waals surface area contributed by atoms with Crippen molar-refractivity contribution < 1.29 is 17.1 Å². The van der Waals surface area contributed by atoms with Gasteiger partial charge in [0, 0.05) is 0 Å². The molecule has 0 amide bonds. The summed E-state index contributed by atoms with van der Waals surface area (Å²) in [5.41, 5.74) is 14.4. The number of nitrogens with zero attached hydrogens (tertiary/aromatic N) is 4. The van der Waals surface area contributed by atoms with Gasteiger partial charge in [0.1, 0.15) is 0 Å². The molecule has 2 aromatic rings. The molecule has 3 aliphatic heterocycles. The smallest absolute Gasteiger partial charge is 0.656 e. The van der Waals surface area contributed by atoms with Crippen molar-refractivity contribution in [3.8, 4) is 0 Å². The van der Waals surface area contributed by atoms with E-state index in [9.17, 15) is 0 Å². The van der Waals surface area contributed by atoms with Gasteiger partial charge in [-0.15, -0.1) is 22.8 Å². The second kappa shape index (κ2) is 6.72. The van der Waals surface area contributed by atoms with E-state index < -0.39 is 0 Å². The molecule has 0 aromatic carbocycles. The quantitative estimate of drug-likeness (QED) is 0.560. The largest absolute Gasteiger partial charge is 2.00 e. The zero-order chi connectivity index (χ0) is 19.7. The maximum atomic E-state index is 4.94. The summed E-state index contributed by atoms with van der Waals surface area (Å²) >= 11 is 0. The van der Waals surface area contributed by atoms with Crippen molar-refractivity contribution in [2.24, 2.45) is 9.98 Å². The Morgan fingerprint density at radius 1 is 0.621 bits per heavy atom. The van der Waals surface area contributed by atoms with Gasteiger partial charge in [-0.1, -0.05) is 23.3 Å². The molecule has 29 heavy (non-hydrogen) atoms. The number of fused-ring (bicyclic) bond motifs is 8. The molecule has 8 bridgehead atoms. The maximum Gasteiger partial charge on any atom is 2.00 e. The maximum absolute atomic E-state index is 4.94. The van der Waals surface area contributed by atoms with Gasteiger partial charge in [0.2, 0.25) is 0 Å². The Hall–Kier alpha value is -2.62. The van der Waals surface area contributed by atoms with Crippen molar-refractivity contribution in [3.63, 3.8) is 0 Å². The van der Waals surface area contributed by atoms with E-state index in [0.717, 1.165) is 79.0 Å². The van der Waals surface area contributed by atoms with E-state index in [1.165, 1.54) is 0 Å². The molecule has 4 nitrogen and oxygen atoms in total. The van der Waals surface area contributed by atoms with E-state index in [1.54, 1.807) is 0 Å². The third-order valence-electron chi connectivity index (χ3n) is 5.82. The Morgan fingerprint density at radius 3 is 1.38 bits per heavy atom. The predicted molar refractivity (Wildman–Crippen MR) is 115 cm³/mol. The van der Waals surface area contributed by atoms with Crippen LogP contribution in [0.25, 0.3) is 11.1 Å². The summed E-state index contributed by atoms with van der Waals surface area (Å²) in [6.07, 6.45) is 4.28. The zero-order valence-electron chi connectivity index (χ0n) is 17.4. The average molecular weight is 430 g/mol. The number of rotatable bonds is 0. The van der Waals surface area contributed by atoms with Gasteiger partial charge in [0.05, 0.1) is 22.8 Å². The van der Waals surface area contributed by atoms with Crippen molar-refractivity contribution in [1.29, 1.82) is 0 Å². The van der Waals surface area contributed by atoms with Crippen molar-refractivity contribution in [1.82, 2.24) is 9.97 Å². The summed E-state index contributed by atoms with van der Waals surface area (Å²) < 4.78 is 0. The monoisotopic (exact) mass is 429 g/mol. The molecule has 1 radical (unpaired) electrons. The SMILES string of the molecule is CC1=CC2=C(C)c3cc(C)c([n-]3)C3=NC(=C(C)c4cc(C)c([n-]4)C1=N2)C=C3C.[Cu+2]. The molecule has 0 aliphatic carbocycles. The third kappa shape index (κ3) is 2.88. The summed E-state index contributed by atoms with van der Waals surface area (Å²) in [5, 5.41) is 0. The summed E-state index contributed by atoms with van der Waals surface area (Å²) in [4.78, 5) is 19.8. The molecule has 0 saturated carbocycles. The molecule has 5 heteroatoms. The van der Waals surface area contributed by atoms with E-state index in [-0.39, 0.29) is 17.1 Å². The van der Waals surface area contributed by atoms with Crippen LogP contribution in [-0.4, -0.2) is 11.4 Å². The summed E-state index contributed by atoms with van der Waals surface area (Å²) in [6.45, 7) is 12.6. The number of aromatic nitrogens is 2. The first-order valence-electron chi connectivity index (χ1n) is 9.60. The standard InChI is InChI=1S/C24H22N4.Cu/c1-11-7-17-15(5)18-9-13(3)23(27-18)24-14(4)10-20(28-24)16(6)19-8-12(2)22(26-19)21(11)25-17;/h7-10H,1-6H3;/q-2;+2. The number of aliphatic imine (C=N–C) groups is 2. The average Bonchev–Trinajstić information content (AvgIpc) is 3.39. The second-order valence-corrected chi connectivity index (χ2v) is 7.94. The van der Waals surface area contributed by atoms with Crippen LogP contribution < -0.4 is 9.97 Å². The van der Waals surface area contributed by atoms with Crippen LogP contribution in [-0.2, 0) is 17.1 Å². The fourth-order valence-corrected chi connectivity index (χ4v) is 4.05. The zero-order valence-corrected chi connectivity index (χ0v) is 18.3. The number of aryl methyl sites for hydroxylation is 2. The van der Waals surface area contributed by atoms with Gasteiger partial charge in [-0.2, -0.15) is 0 Å². The van der Waals surface area contributed by atoms with Gasteiger partial charge in [0.15, 0.2) is 0 Å². The molecule has 0 saturated heterocycles. The van der Waals surface area contributed by atoms with E-state index in [1.807, 2.05) is 0 Å². The van der Waals surface area contributed by atoms with Crippen LogP contribution in [0.4, 0.5) is 0 Å². The van der Waals surface area contributed by atoms with E-state index in [0.29, 0.717) is 0 Å². The van der Waals surface area contributed by atoms with Crippen molar-refractivity contribution >= 4 is 22.6 Å². The predicted octanol–water partition coefficient (Wildman–Crippen LogP) is 4.89. The van der Waals surface area contributed by atoms with Crippen molar-refractivity contribution in [2.75, 3.05) is 0 Å².